The fourth-order valence-electron chi connectivity index (χ4n) is 2.54. The van der Waals surface area contributed by atoms with E-state index in [0.717, 1.165) is 22.6 Å². The zero-order valence-electron chi connectivity index (χ0n) is 10.9. The maximum Gasteiger partial charge on any atom is 0.253 e. The lowest BCUT2D eigenvalue weighted by molar-refractivity contribution is -0.120. The lowest BCUT2D eigenvalue weighted by atomic mass is 9.98. The van der Waals surface area contributed by atoms with Gasteiger partial charge in [0.2, 0.25) is 0 Å². The Labute approximate surface area is 111 Å². The zero-order valence-corrected chi connectivity index (χ0v) is 10.9. The number of benzene rings is 1. The van der Waals surface area contributed by atoms with Crippen molar-refractivity contribution in [3.8, 4) is 5.69 Å². The molecular formula is C15H15N3O. The Morgan fingerprint density at radius 3 is 2.42 bits per heavy atom. The van der Waals surface area contributed by atoms with E-state index < -0.39 is 0 Å². The van der Waals surface area contributed by atoms with E-state index in [2.05, 4.69) is 41.1 Å². The first-order chi connectivity index (χ1) is 9.18. The van der Waals surface area contributed by atoms with Gasteiger partial charge in [0.15, 0.2) is 0 Å². The number of hydrogen-bond acceptors (Lipinski definition) is 2. The molecule has 4 heteroatoms. The van der Waals surface area contributed by atoms with Crippen LogP contribution in [-0.2, 0) is 4.79 Å². The lowest BCUT2D eigenvalue weighted by Crippen LogP contribution is -2.19. The van der Waals surface area contributed by atoms with Gasteiger partial charge in [-0.2, -0.15) is 5.10 Å². The summed E-state index contributed by atoms with van der Waals surface area (Å²) < 4.78 is 2.16. The molecule has 1 N–H and O–H groups in total. The van der Waals surface area contributed by atoms with Gasteiger partial charge in [0.1, 0.15) is 5.92 Å². The first-order valence-corrected chi connectivity index (χ1v) is 6.26. The monoisotopic (exact) mass is 253 g/mol. The molecule has 1 aromatic carbocycles. The number of hydrogen-bond donors (Lipinski definition) is 1. The Balaban J connectivity index is 2.18. The molecule has 0 saturated heterocycles. The molecule has 19 heavy (non-hydrogen) atoms. The molecule has 0 spiro atoms. The van der Waals surface area contributed by atoms with E-state index in [1.807, 2.05) is 24.3 Å². The molecule has 0 fully saturated rings. The largest absolute Gasteiger partial charge is 0.318 e. The van der Waals surface area contributed by atoms with Crippen LogP contribution >= 0.6 is 0 Å². The fourth-order valence-corrected chi connectivity index (χ4v) is 2.54. The molecule has 0 bridgehead atoms. The van der Waals surface area contributed by atoms with E-state index in [1.54, 1.807) is 6.21 Å². The van der Waals surface area contributed by atoms with Crippen LogP contribution in [0.1, 0.15) is 22.9 Å². The maximum absolute atomic E-state index is 11.8. The van der Waals surface area contributed by atoms with Gasteiger partial charge in [0.25, 0.3) is 5.91 Å². The van der Waals surface area contributed by atoms with E-state index in [4.69, 9.17) is 0 Å². The van der Waals surface area contributed by atoms with Crippen molar-refractivity contribution in [2.75, 3.05) is 0 Å². The number of carbonyl (C=O) groups is 1. The van der Waals surface area contributed by atoms with Gasteiger partial charge in [-0.3, -0.25) is 4.79 Å². The van der Waals surface area contributed by atoms with Crippen molar-refractivity contribution in [2.24, 2.45) is 5.10 Å². The van der Waals surface area contributed by atoms with Gasteiger partial charge in [0, 0.05) is 23.3 Å². The van der Waals surface area contributed by atoms with Gasteiger partial charge < -0.3 is 4.57 Å². The molecule has 96 valence electrons. The second-order valence-electron chi connectivity index (χ2n) is 4.74. The van der Waals surface area contributed by atoms with Gasteiger partial charge in [-0.05, 0) is 37.6 Å². The fraction of sp³-hybridized carbons (Fsp3) is 0.200. The second-order valence-corrected chi connectivity index (χ2v) is 4.74. The van der Waals surface area contributed by atoms with Crippen LogP contribution in [0.2, 0.25) is 0 Å². The molecule has 3 rings (SSSR count). The number of aromatic nitrogens is 1. The molecule has 4 nitrogen and oxygen atoms in total. The van der Waals surface area contributed by atoms with Gasteiger partial charge in [0.05, 0.1) is 0 Å². The number of carbonyl (C=O) groups excluding carboxylic acids is 1. The molecule has 2 heterocycles. The Hall–Kier alpha value is -2.36. The Kier molecular flexibility index (Phi) is 2.71. The molecule has 0 radical (unpaired) electrons. The highest BCUT2D eigenvalue weighted by Gasteiger charge is 2.25. The number of amides is 1. The minimum atomic E-state index is -0.308. The molecule has 1 aliphatic heterocycles. The summed E-state index contributed by atoms with van der Waals surface area (Å²) >= 11 is 0. The number of para-hydroxylation sites is 1. The molecule has 0 aliphatic carbocycles. The number of nitrogens with one attached hydrogen (secondary N) is 1. The quantitative estimate of drug-likeness (QED) is 0.877. The summed E-state index contributed by atoms with van der Waals surface area (Å²) in [6, 6.07) is 12.1. The molecule has 2 aromatic rings. The highest BCUT2D eigenvalue weighted by atomic mass is 16.2. The van der Waals surface area contributed by atoms with Crippen LogP contribution in [0.25, 0.3) is 5.69 Å². The van der Waals surface area contributed by atoms with E-state index >= 15 is 0 Å². The highest BCUT2D eigenvalue weighted by molar-refractivity contribution is 6.03. The minimum absolute atomic E-state index is 0.0742. The average molecular weight is 253 g/mol. The van der Waals surface area contributed by atoms with Crippen molar-refractivity contribution in [3.63, 3.8) is 0 Å². The van der Waals surface area contributed by atoms with Crippen LogP contribution < -0.4 is 5.43 Å². The zero-order chi connectivity index (χ0) is 13.4. The standard InChI is InChI=1S/C15H15N3O/c1-10-7-8-11(2)18(10)14-6-4-3-5-12(14)13-9-16-17-15(13)19/h3-9,13H,1-2H3,(H,17,19)/t13-/m0/s1. The van der Waals surface area contributed by atoms with Gasteiger partial charge in [-0.25, -0.2) is 5.43 Å². The van der Waals surface area contributed by atoms with Crippen LogP contribution in [0.3, 0.4) is 0 Å². The molecule has 1 aromatic heterocycles. The maximum atomic E-state index is 11.8. The number of hydrazone groups is 1. The smallest absolute Gasteiger partial charge is 0.253 e. The third kappa shape index (κ3) is 1.85. The number of nitrogens with zero attached hydrogens (tertiary/aromatic N) is 2. The van der Waals surface area contributed by atoms with Gasteiger partial charge >= 0.3 is 0 Å². The predicted molar refractivity (Wildman–Crippen MR) is 74.6 cm³/mol. The van der Waals surface area contributed by atoms with Crippen LogP contribution in [0, 0.1) is 13.8 Å². The first-order valence-electron chi connectivity index (χ1n) is 6.26. The van der Waals surface area contributed by atoms with Gasteiger partial charge in [-0.15, -0.1) is 0 Å². The van der Waals surface area contributed by atoms with Crippen molar-refractivity contribution in [3.05, 3.63) is 53.3 Å². The van der Waals surface area contributed by atoms with Crippen molar-refractivity contribution in [1.82, 2.24) is 9.99 Å². The molecular weight excluding hydrogens is 238 g/mol. The summed E-state index contributed by atoms with van der Waals surface area (Å²) in [6.07, 6.45) is 1.66. The summed E-state index contributed by atoms with van der Waals surface area (Å²) in [5.74, 6) is -0.382. The third-order valence-electron chi connectivity index (χ3n) is 3.46. The molecule has 1 atom stereocenters. The molecule has 0 saturated carbocycles. The summed E-state index contributed by atoms with van der Waals surface area (Å²) in [4.78, 5) is 11.8. The SMILES string of the molecule is Cc1ccc(C)n1-c1ccccc1[C@@H]1C=NNC1=O. The average Bonchev–Trinajstić information content (AvgIpc) is 2.96. The summed E-state index contributed by atoms with van der Waals surface area (Å²) in [5.41, 5.74) is 6.81. The Bertz CT molecular complexity index is 650. The van der Waals surface area contributed by atoms with Crippen LogP contribution in [0.15, 0.2) is 41.5 Å². The summed E-state index contributed by atoms with van der Waals surface area (Å²) in [6.45, 7) is 4.12. The van der Waals surface area contributed by atoms with E-state index in [0.29, 0.717) is 0 Å². The second kappa shape index (κ2) is 4.39. The van der Waals surface area contributed by atoms with E-state index in [1.165, 1.54) is 0 Å². The predicted octanol–water partition coefficient (Wildman–Crippen LogP) is 2.29. The van der Waals surface area contributed by atoms with Crippen molar-refractivity contribution in [2.45, 2.75) is 19.8 Å². The van der Waals surface area contributed by atoms with Crippen LogP contribution in [0.5, 0.6) is 0 Å². The van der Waals surface area contributed by atoms with Crippen LogP contribution in [0.4, 0.5) is 0 Å². The topological polar surface area (TPSA) is 46.4 Å². The Morgan fingerprint density at radius 1 is 1.11 bits per heavy atom. The Morgan fingerprint density at radius 2 is 1.79 bits per heavy atom. The lowest BCUT2D eigenvalue weighted by Gasteiger charge is -2.16. The van der Waals surface area contributed by atoms with Crippen molar-refractivity contribution in [1.29, 1.82) is 0 Å². The minimum Gasteiger partial charge on any atom is -0.318 e. The molecule has 1 amide bonds. The van der Waals surface area contributed by atoms with E-state index in [9.17, 15) is 4.79 Å². The summed E-state index contributed by atoms with van der Waals surface area (Å²) in [7, 11) is 0. The molecule has 0 unspecified atom stereocenters. The first kappa shape index (κ1) is 11.7. The number of rotatable bonds is 2. The summed E-state index contributed by atoms with van der Waals surface area (Å²) in [5, 5.41) is 3.86. The normalized spacial score (nSPS) is 17.8. The van der Waals surface area contributed by atoms with Crippen LogP contribution in [-0.4, -0.2) is 16.7 Å². The third-order valence-corrected chi connectivity index (χ3v) is 3.46. The van der Waals surface area contributed by atoms with Crippen molar-refractivity contribution >= 4 is 12.1 Å². The molecule has 1 aliphatic rings. The highest BCUT2D eigenvalue weighted by Crippen LogP contribution is 2.27. The van der Waals surface area contributed by atoms with Gasteiger partial charge in [-0.1, -0.05) is 18.2 Å². The van der Waals surface area contributed by atoms with E-state index in [-0.39, 0.29) is 11.8 Å². The number of aryl methyl sites for hydroxylation is 2. The van der Waals surface area contributed by atoms with Crippen molar-refractivity contribution < 1.29 is 4.79 Å².